The van der Waals surface area contributed by atoms with Gasteiger partial charge in [0, 0.05) is 23.7 Å². The van der Waals surface area contributed by atoms with Crippen molar-refractivity contribution in [3.63, 3.8) is 0 Å². The van der Waals surface area contributed by atoms with Gasteiger partial charge in [-0.25, -0.2) is 9.59 Å². The fraction of sp³-hybridized carbons (Fsp3) is 0.576. The molecule has 0 heterocycles. The summed E-state index contributed by atoms with van der Waals surface area (Å²) in [6, 6.07) is 0. The molecule has 0 aromatic carbocycles. The minimum atomic E-state index is -0.691. The van der Waals surface area contributed by atoms with Gasteiger partial charge in [-0.2, -0.15) is 0 Å². The van der Waals surface area contributed by atoms with E-state index in [2.05, 4.69) is 90.2 Å². The lowest BCUT2D eigenvalue weighted by molar-refractivity contribution is -0.158. The Morgan fingerprint density at radius 1 is 0.730 bits per heavy atom. The lowest BCUT2D eigenvalue weighted by atomic mass is 9.77. The summed E-state index contributed by atoms with van der Waals surface area (Å²) < 4.78 is 12.7. The number of rotatable bonds is 10. The van der Waals surface area contributed by atoms with E-state index in [1.54, 1.807) is 0 Å². The maximum atomic E-state index is 13.8. The molecule has 4 aliphatic rings. The molecule has 0 aromatic heterocycles. The number of carbonyl (C=O) groups excluding carboxylic acids is 2. The third-order valence-electron chi connectivity index (χ3n) is 9.17. The molecule has 0 saturated heterocycles. The van der Waals surface area contributed by atoms with Gasteiger partial charge in [-0.05, 0) is 57.1 Å². The topological polar surface area (TPSA) is 52.6 Å². The van der Waals surface area contributed by atoms with E-state index in [0.717, 1.165) is 32.1 Å². The second-order valence-electron chi connectivity index (χ2n) is 10.9. The number of carbonyl (C=O) groups is 2. The molecule has 0 radical (unpaired) electrons. The zero-order valence-electron chi connectivity index (χ0n) is 23.5. The van der Waals surface area contributed by atoms with Gasteiger partial charge in [-0.1, -0.05) is 89.1 Å². The summed E-state index contributed by atoms with van der Waals surface area (Å²) in [7, 11) is 0. The molecule has 4 aliphatic carbocycles. The first kappa shape index (κ1) is 27.4. The van der Waals surface area contributed by atoms with Gasteiger partial charge < -0.3 is 9.47 Å². The van der Waals surface area contributed by atoms with Gasteiger partial charge in [0.15, 0.2) is 0 Å². The van der Waals surface area contributed by atoms with E-state index >= 15 is 0 Å². The number of fused-ring (bicyclic) bond motifs is 2. The zero-order chi connectivity index (χ0) is 26.8. The molecule has 6 unspecified atom stereocenters. The quantitative estimate of drug-likeness (QED) is 0.226. The standard InChI is InChI=1S/C33H44O4/c1-7-22-15-17-32(11-5,26(9-3)19-22)36-30(34)28-24-13-14-25(21-24)29(28)31(35)37-33(12-6)18-16-23(8-2)20-27(33)10-4/h13-20,24-27H,7-12,21H2,1-6H3. The summed E-state index contributed by atoms with van der Waals surface area (Å²) in [5.74, 6) is -0.675. The van der Waals surface area contributed by atoms with Crippen LogP contribution in [0.3, 0.4) is 0 Å². The zero-order valence-corrected chi connectivity index (χ0v) is 23.5. The molecule has 6 atom stereocenters. The van der Waals surface area contributed by atoms with Crippen LogP contribution in [-0.2, 0) is 19.1 Å². The molecular formula is C33H44O4. The van der Waals surface area contributed by atoms with Crippen molar-refractivity contribution in [3.8, 4) is 0 Å². The third-order valence-corrected chi connectivity index (χ3v) is 9.17. The molecule has 0 aromatic rings. The number of hydrogen-bond acceptors (Lipinski definition) is 4. The van der Waals surface area contributed by atoms with Crippen LogP contribution in [0, 0.1) is 23.7 Å². The molecule has 0 N–H and O–H groups in total. The van der Waals surface area contributed by atoms with Crippen molar-refractivity contribution in [2.24, 2.45) is 23.7 Å². The molecule has 0 amide bonds. The first-order valence-corrected chi connectivity index (χ1v) is 14.5. The van der Waals surface area contributed by atoms with E-state index in [1.165, 1.54) is 11.1 Å². The van der Waals surface area contributed by atoms with Crippen molar-refractivity contribution >= 4 is 11.9 Å². The van der Waals surface area contributed by atoms with Gasteiger partial charge in [0.05, 0.1) is 11.1 Å². The predicted octanol–water partition coefficient (Wildman–Crippen LogP) is 7.74. The summed E-state index contributed by atoms with van der Waals surface area (Å²) in [4.78, 5) is 27.7. The molecule has 37 heavy (non-hydrogen) atoms. The van der Waals surface area contributed by atoms with Gasteiger partial charge in [0.1, 0.15) is 11.2 Å². The number of esters is 2. The SMILES string of the molecule is CCC1=CC(CC)C(CC)(OC(=O)C2=C(C(=O)OC3(CC)C=CC(CC)=CC3CC)C3C=CC2C3)C=C1. The fourth-order valence-electron chi connectivity index (χ4n) is 6.68. The Balaban J connectivity index is 1.63. The second-order valence-corrected chi connectivity index (χ2v) is 10.9. The Bertz CT molecular complexity index is 1020. The maximum Gasteiger partial charge on any atom is 0.336 e. The van der Waals surface area contributed by atoms with Gasteiger partial charge >= 0.3 is 11.9 Å². The highest BCUT2D eigenvalue weighted by molar-refractivity contribution is 6.03. The lowest BCUT2D eigenvalue weighted by Crippen LogP contribution is -2.43. The average molecular weight is 505 g/mol. The number of allylic oxidation sites excluding steroid dienone is 6. The van der Waals surface area contributed by atoms with Crippen LogP contribution in [0.4, 0.5) is 0 Å². The molecule has 200 valence electrons. The minimum Gasteiger partial charge on any atom is -0.451 e. The molecule has 0 aliphatic heterocycles. The van der Waals surface area contributed by atoms with Gasteiger partial charge in [-0.3, -0.25) is 0 Å². The summed E-state index contributed by atoms with van der Waals surface area (Å²) in [5, 5.41) is 0. The van der Waals surface area contributed by atoms with Crippen molar-refractivity contribution in [3.05, 3.63) is 70.9 Å². The number of hydrogen-bond donors (Lipinski definition) is 0. The highest BCUT2D eigenvalue weighted by Crippen LogP contribution is 2.48. The van der Waals surface area contributed by atoms with Crippen LogP contribution in [0.1, 0.15) is 86.5 Å². The Morgan fingerprint density at radius 2 is 1.14 bits per heavy atom. The molecule has 2 bridgehead atoms. The lowest BCUT2D eigenvalue weighted by Gasteiger charge is -2.39. The van der Waals surface area contributed by atoms with Gasteiger partial charge in [0.25, 0.3) is 0 Å². The van der Waals surface area contributed by atoms with Crippen LogP contribution in [0.2, 0.25) is 0 Å². The monoisotopic (exact) mass is 504 g/mol. The fourth-order valence-corrected chi connectivity index (χ4v) is 6.68. The Labute approximate surface area is 223 Å². The molecule has 4 rings (SSSR count). The first-order valence-electron chi connectivity index (χ1n) is 14.5. The average Bonchev–Trinajstić information content (AvgIpc) is 3.55. The third kappa shape index (κ3) is 4.84. The van der Waals surface area contributed by atoms with E-state index in [4.69, 9.17) is 9.47 Å². The van der Waals surface area contributed by atoms with E-state index < -0.39 is 11.2 Å². The second kappa shape index (κ2) is 11.0. The molecule has 0 saturated carbocycles. The number of ether oxygens (including phenoxy) is 2. The highest BCUT2D eigenvalue weighted by atomic mass is 16.6. The van der Waals surface area contributed by atoms with E-state index in [0.29, 0.717) is 24.0 Å². The molecule has 4 nitrogen and oxygen atoms in total. The van der Waals surface area contributed by atoms with Crippen LogP contribution in [0.15, 0.2) is 70.9 Å². The Kier molecular flexibility index (Phi) is 8.16. The Hall–Kier alpha value is -2.62. The van der Waals surface area contributed by atoms with Gasteiger partial charge in [0.2, 0.25) is 0 Å². The summed E-state index contributed by atoms with van der Waals surface area (Å²) in [5.41, 5.74) is 2.17. The summed E-state index contributed by atoms with van der Waals surface area (Å²) in [6.45, 7) is 12.7. The van der Waals surface area contributed by atoms with Crippen molar-refractivity contribution < 1.29 is 19.1 Å². The summed E-state index contributed by atoms with van der Waals surface area (Å²) >= 11 is 0. The normalized spacial score (nSPS) is 34.0. The maximum absolute atomic E-state index is 13.8. The minimum absolute atomic E-state index is 0.0867. The smallest absolute Gasteiger partial charge is 0.336 e. The Morgan fingerprint density at radius 3 is 1.46 bits per heavy atom. The predicted molar refractivity (Wildman–Crippen MR) is 149 cm³/mol. The van der Waals surface area contributed by atoms with Crippen LogP contribution in [0.25, 0.3) is 0 Å². The van der Waals surface area contributed by atoms with Crippen LogP contribution >= 0.6 is 0 Å². The van der Waals surface area contributed by atoms with Crippen LogP contribution in [-0.4, -0.2) is 23.1 Å². The van der Waals surface area contributed by atoms with E-state index in [-0.39, 0.29) is 35.6 Å². The molecule has 0 spiro atoms. The van der Waals surface area contributed by atoms with Crippen molar-refractivity contribution in [2.75, 3.05) is 0 Å². The summed E-state index contributed by atoms with van der Waals surface area (Å²) in [6.07, 6.45) is 22.7. The highest BCUT2D eigenvalue weighted by Gasteiger charge is 2.48. The molecular weight excluding hydrogens is 460 g/mol. The largest absolute Gasteiger partial charge is 0.451 e. The van der Waals surface area contributed by atoms with Crippen LogP contribution in [0.5, 0.6) is 0 Å². The van der Waals surface area contributed by atoms with Gasteiger partial charge in [-0.15, -0.1) is 0 Å². The van der Waals surface area contributed by atoms with E-state index in [1.807, 2.05) is 0 Å². The first-order chi connectivity index (χ1) is 17.8. The van der Waals surface area contributed by atoms with Crippen molar-refractivity contribution in [2.45, 2.75) is 97.7 Å². The van der Waals surface area contributed by atoms with Crippen molar-refractivity contribution in [1.29, 1.82) is 0 Å². The molecule has 0 fully saturated rings. The van der Waals surface area contributed by atoms with E-state index in [9.17, 15) is 9.59 Å². The molecule has 4 heteroatoms. The van der Waals surface area contributed by atoms with Crippen LogP contribution < -0.4 is 0 Å². The van der Waals surface area contributed by atoms with Crippen molar-refractivity contribution in [1.82, 2.24) is 0 Å².